The SMILES string of the molecule is CCNCc1ccc(Br)cc1N(C)Cc1ccc(F)cc1. The molecule has 2 aromatic rings. The van der Waals surface area contributed by atoms with Crippen LogP contribution >= 0.6 is 15.9 Å². The van der Waals surface area contributed by atoms with Gasteiger partial charge in [-0.3, -0.25) is 0 Å². The van der Waals surface area contributed by atoms with Crippen molar-refractivity contribution in [1.29, 1.82) is 0 Å². The van der Waals surface area contributed by atoms with Crippen LogP contribution in [0.4, 0.5) is 10.1 Å². The molecule has 0 saturated carbocycles. The highest BCUT2D eigenvalue weighted by Crippen LogP contribution is 2.25. The first-order chi connectivity index (χ1) is 10.1. The van der Waals surface area contributed by atoms with Gasteiger partial charge in [-0.15, -0.1) is 0 Å². The molecule has 0 fully saturated rings. The van der Waals surface area contributed by atoms with Crippen molar-refractivity contribution in [2.24, 2.45) is 0 Å². The topological polar surface area (TPSA) is 15.3 Å². The van der Waals surface area contributed by atoms with Crippen LogP contribution in [0.1, 0.15) is 18.1 Å². The minimum Gasteiger partial charge on any atom is -0.370 e. The molecule has 2 aromatic carbocycles. The highest BCUT2D eigenvalue weighted by molar-refractivity contribution is 9.10. The highest BCUT2D eigenvalue weighted by Gasteiger charge is 2.09. The van der Waals surface area contributed by atoms with E-state index in [4.69, 9.17) is 0 Å². The molecule has 0 saturated heterocycles. The summed E-state index contributed by atoms with van der Waals surface area (Å²) in [6.07, 6.45) is 0. The van der Waals surface area contributed by atoms with E-state index in [1.807, 2.05) is 12.1 Å². The van der Waals surface area contributed by atoms with Gasteiger partial charge in [0.15, 0.2) is 0 Å². The maximum atomic E-state index is 13.0. The molecular weight excluding hydrogens is 331 g/mol. The summed E-state index contributed by atoms with van der Waals surface area (Å²) in [7, 11) is 2.06. The van der Waals surface area contributed by atoms with Gasteiger partial charge >= 0.3 is 0 Å². The molecule has 21 heavy (non-hydrogen) atoms. The lowest BCUT2D eigenvalue weighted by atomic mass is 10.1. The van der Waals surface area contributed by atoms with E-state index in [-0.39, 0.29) is 5.82 Å². The van der Waals surface area contributed by atoms with E-state index in [0.717, 1.165) is 29.7 Å². The van der Waals surface area contributed by atoms with Crippen molar-refractivity contribution in [3.8, 4) is 0 Å². The molecule has 0 aliphatic rings. The van der Waals surface area contributed by atoms with Crippen LogP contribution in [0.25, 0.3) is 0 Å². The largest absolute Gasteiger partial charge is 0.370 e. The van der Waals surface area contributed by atoms with E-state index in [2.05, 4.69) is 58.3 Å². The van der Waals surface area contributed by atoms with Crippen LogP contribution in [0, 0.1) is 5.82 Å². The van der Waals surface area contributed by atoms with Crippen molar-refractivity contribution in [3.63, 3.8) is 0 Å². The minimum absolute atomic E-state index is 0.198. The quantitative estimate of drug-likeness (QED) is 0.833. The molecule has 0 spiro atoms. The smallest absolute Gasteiger partial charge is 0.123 e. The summed E-state index contributed by atoms with van der Waals surface area (Å²) in [6, 6.07) is 13.0. The Hall–Kier alpha value is -1.39. The van der Waals surface area contributed by atoms with Crippen molar-refractivity contribution in [1.82, 2.24) is 5.32 Å². The van der Waals surface area contributed by atoms with Gasteiger partial charge in [0.25, 0.3) is 0 Å². The fraction of sp³-hybridized carbons (Fsp3) is 0.294. The summed E-state index contributed by atoms with van der Waals surface area (Å²) < 4.78 is 14.0. The number of halogens is 2. The second kappa shape index (κ2) is 7.57. The molecule has 112 valence electrons. The van der Waals surface area contributed by atoms with Crippen LogP contribution in [-0.4, -0.2) is 13.6 Å². The second-order valence-corrected chi connectivity index (χ2v) is 5.95. The molecule has 0 radical (unpaired) electrons. The Kier molecular flexibility index (Phi) is 5.76. The summed E-state index contributed by atoms with van der Waals surface area (Å²) in [4.78, 5) is 2.19. The van der Waals surface area contributed by atoms with Crippen LogP contribution in [0.5, 0.6) is 0 Å². The molecular formula is C17H20BrFN2. The number of hydrogen-bond acceptors (Lipinski definition) is 2. The lowest BCUT2D eigenvalue weighted by molar-refractivity contribution is 0.627. The van der Waals surface area contributed by atoms with E-state index in [1.165, 1.54) is 23.4 Å². The Balaban J connectivity index is 2.18. The zero-order chi connectivity index (χ0) is 15.2. The fourth-order valence-electron chi connectivity index (χ4n) is 2.25. The maximum Gasteiger partial charge on any atom is 0.123 e. The third-order valence-electron chi connectivity index (χ3n) is 3.36. The van der Waals surface area contributed by atoms with Gasteiger partial charge in [-0.1, -0.05) is 41.1 Å². The molecule has 0 amide bonds. The van der Waals surface area contributed by atoms with Crippen molar-refractivity contribution >= 4 is 21.6 Å². The average molecular weight is 351 g/mol. The molecule has 0 atom stereocenters. The van der Waals surface area contributed by atoms with Crippen LogP contribution in [0.3, 0.4) is 0 Å². The molecule has 2 rings (SSSR count). The van der Waals surface area contributed by atoms with E-state index < -0.39 is 0 Å². The number of rotatable bonds is 6. The lowest BCUT2D eigenvalue weighted by Crippen LogP contribution is -2.20. The minimum atomic E-state index is -0.198. The van der Waals surface area contributed by atoms with E-state index >= 15 is 0 Å². The van der Waals surface area contributed by atoms with Gasteiger partial charge in [-0.25, -0.2) is 4.39 Å². The van der Waals surface area contributed by atoms with Gasteiger partial charge in [0.1, 0.15) is 5.82 Å². The summed E-state index contributed by atoms with van der Waals surface area (Å²) in [5.41, 5.74) is 3.52. The second-order valence-electron chi connectivity index (χ2n) is 5.04. The average Bonchev–Trinajstić information content (AvgIpc) is 2.48. The van der Waals surface area contributed by atoms with Gasteiger partial charge < -0.3 is 10.2 Å². The van der Waals surface area contributed by atoms with E-state index in [1.54, 1.807) is 0 Å². The number of anilines is 1. The fourth-order valence-corrected chi connectivity index (χ4v) is 2.60. The van der Waals surface area contributed by atoms with Crippen LogP contribution in [0.15, 0.2) is 46.9 Å². The third kappa shape index (κ3) is 4.55. The van der Waals surface area contributed by atoms with Crippen LogP contribution in [0.2, 0.25) is 0 Å². The van der Waals surface area contributed by atoms with Crippen molar-refractivity contribution in [2.75, 3.05) is 18.5 Å². The molecule has 0 aliphatic heterocycles. The summed E-state index contributed by atoms with van der Waals surface area (Å²) in [5.74, 6) is -0.198. The monoisotopic (exact) mass is 350 g/mol. The lowest BCUT2D eigenvalue weighted by Gasteiger charge is -2.23. The van der Waals surface area contributed by atoms with Crippen molar-refractivity contribution in [2.45, 2.75) is 20.0 Å². The number of benzene rings is 2. The zero-order valence-electron chi connectivity index (χ0n) is 12.4. The predicted octanol–water partition coefficient (Wildman–Crippen LogP) is 4.33. The molecule has 2 nitrogen and oxygen atoms in total. The van der Waals surface area contributed by atoms with E-state index in [0.29, 0.717) is 0 Å². The van der Waals surface area contributed by atoms with Gasteiger partial charge in [-0.05, 0) is 41.9 Å². The first kappa shape index (κ1) is 16.0. The van der Waals surface area contributed by atoms with Gasteiger partial charge in [0.05, 0.1) is 0 Å². The molecule has 4 heteroatoms. The van der Waals surface area contributed by atoms with Crippen molar-refractivity contribution < 1.29 is 4.39 Å². The number of nitrogens with one attached hydrogen (secondary N) is 1. The first-order valence-corrected chi connectivity index (χ1v) is 7.84. The highest BCUT2D eigenvalue weighted by atomic mass is 79.9. The Morgan fingerprint density at radius 2 is 1.86 bits per heavy atom. The van der Waals surface area contributed by atoms with Crippen LogP contribution < -0.4 is 10.2 Å². The number of nitrogens with zero attached hydrogens (tertiary/aromatic N) is 1. The van der Waals surface area contributed by atoms with Crippen LogP contribution in [-0.2, 0) is 13.1 Å². The molecule has 0 aliphatic carbocycles. The number of hydrogen-bond donors (Lipinski definition) is 1. The molecule has 0 aromatic heterocycles. The summed E-state index contributed by atoms with van der Waals surface area (Å²) in [5, 5.41) is 3.36. The molecule has 0 unspecified atom stereocenters. The summed E-state index contributed by atoms with van der Waals surface area (Å²) in [6.45, 7) is 4.63. The zero-order valence-corrected chi connectivity index (χ0v) is 14.0. The Morgan fingerprint density at radius 1 is 1.14 bits per heavy atom. The Bertz CT molecular complexity index is 584. The molecule has 0 heterocycles. The normalized spacial score (nSPS) is 10.7. The maximum absolute atomic E-state index is 13.0. The molecule has 0 bridgehead atoms. The Morgan fingerprint density at radius 3 is 2.52 bits per heavy atom. The third-order valence-corrected chi connectivity index (χ3v) is 3.85. The van der Waals surface area contributed by atoms with Gasteiger partial charge in [-0.2, -0.15) is 0 Å². The molecule has 1 N–H and O–H groups in total. The Labute approximate surface area is 134 Å². The summed E-state index contributed by atoms with van der Waals surface area (Å²) >= 11 is 3.53. The van der Waals surface area contributed by atoms with Crippen molar-refractivity contribution in [3.05, 3.63) is 63.9 Å². The van der Waals surface area contributed by atoms with E-state index in [9.17, 15) is 4.39 Å². The van der Waals surface area contributed by atoms with Gasteiger partial charge in [0.2, 0.25) is 0 Å². The van der Waals surface area contributed by atoms with Gasteiger partial charge in [0, 0.05) is 30.3 Å². The predicted molar refractivity (Wildman–Crippen MR) is 90.0 cm³/mol. The standard InChI is InChI=1S/C17H20BrFN2/c1-3-20-11-14-6-7-15(18)10-17(14)21(2)12-13-4-8-16(19)9-5-13/h4-10,20H,3,11-12H2,1-2H3. The first-order valence-electron chi connectivity index (χ1n) is 7.05.